The number of H-pyrrole nitrogens is 1. The average molecular weight is 478 g/mol. The third-order valence-corrected chi connectivity index (χ3v) is 6.20. The maximum atomic E-state index is 12.7. The molecule has 0 radical (unpaired) electrons. The minimum absolute atomic E-state index is 0.0709. The minimum atomic E-state index is -0.0709. The highest BCUT2D eigenvalue weighted by Crippen LogP contribution is 2.32. The number of hydrogen-bond acceptors (Lipinski definition) is 7. The molecule has 1 fully saturated rings. The van der Waals surface area contributed by atoms with Crippen LogP contribution in [0.3, 0.4) is 0 Å². The number of hydrogen-bond donors (Lipinski definition) is 2. The fraction of sp³-hybridized carbons (Fsp3) is 0.360. The molecule has 1 aliphatic heterocycles. The molecule has 1 aliphatic rings. The smallest absolute Gasteiger partial charge is 0.238 e. The van der Waals surface area contributed by atoms with E-state index >= 15 is 0 Å². The summed E-state index contributed by atoms with van der Waals surface area (Å²) in [5.41, 5.74) is 3.80. The Hall–Kier alpha value is -3.76. The fourth-order valence-electron chi connectivity index (χ4n) is 4.22. The van der Waals surface area contributed by atoms with Crippen molar-refractivity contribution in [2.24, 2.45) is 17.0 Å². The molecule has 1 saturated heterocycles. The maximum Gasteiger partial charge on any atom is 0.238 e. The third kappa shape index (κ3) is 5.33. The molecule has 0 bridgehead atoms. The number of nitrogens with one attached hydrogen (secondary N) is 2. The average Bonchev–Trinajstić information content (AvgIpc) is 3.56. The number of ether oxygens (including phenoxy) is 2. The number of rotatable bonds is 9. The Morgan fingerprint density at radius 3 is 2.89 bits per heavy atom. The lowest BCUT2D eigenvalue weighted by Gasteiger charge is -2.15. The number of carbonyl (C=O) groups excluding carboxylic acids is 1. The van der Waals surface area contributed by atoms with Crippen LogP contribution in [0.15, 0.2) is 46.2 Å². The Morgan fingerprint density at radius 1 is 1.40 bits per heavy atom. The zero-order valence-corrected chi connectivity index (χ0v) is 20.5. The highest BCUT2D eigenvalue weighted by molar-refractivity contribution is 6.06. The van der Waals surface area contributed by atoms with Crippen molar-refractivity contribution >= 4 is 46.9 Å². The first kappa shape index (κ1) is 24.4. The number of aromatic nitrogens is 3. The molecule has 35 heavy (non-hydrogen) atoms. The van der Waals surface area contributed by atoms with Crippen molar-refractivity contribution in [2.45, 2.75) is 19.4 Å². The van der Waals surface area contributed by atoms with Crippen molar-refractivity contribution in [3.63, 3.8) is 0 Å². The predicted molar refractivity (Wildman–Crippen MR) is 138 cm³/mol. The molecule has 0 aliphatic carbocycles. The van der Waals surface area contributed by atoms with Crippen LogP contribution in [-0.4, -0.2) is 78.5 Å². The van der Waals surface area contributed by atoms with Gasteiger partial charge >= 0.3 is 0 Å². The van der Waals surface area contributed by atoms with Gasteiger partial charge in [-0.05, 0) is 26.1 Å². The topological polar surface area (TPSA) is 109 Å². The summed E-state index contributed by atoms with van der Waals surface area (Å²) >= 11 is 0. The van der Waals surface area contributed by atoms with Crippen molar-refractivity contribution in [2.75, 3.05) is 39.2 Å². The summed E-state index contributed by atoms with van der Waals surface area (Å²) in [6.07, 6.45) is 4.54. The van der Waals surface area contributed by atoms with Gasteiger partial charge < -0.3 is 19.8 Å². The summed E-state index contributed by atoms with van der Waals surface area (Å²) in [6, 6.07) is 7.60. The van der Waals surface area contributed by atoms with E-state index in [1.54, 1.807) is 25.1 Å². The number of aromatic amines is 1. The highest BCUT2D eigenvalue weighted by atomic mass is 16.5. The summed E-state index contributed by atoms with van der Waals surface area (Å²) in [4.78, 5) is 26.7. The molecule has 1 amide bonds. The van der Waals surface area contributed by atoms with Gasteiger partial charge in [-0.2, -0.15) is 5.10 Å². The molecule has 3 heterocycles. The van der Waals surface area contributed by atoms with Crippen LogP contribution in [0.2, 0.25) is 0 Å². The van der Waals surface area contributed by atoms with Crippen LogP contribution in [0.1, 0.15) is 17.7 Å². The van der Waals surface area contributed by atoms with Gasteiger partial charge in [0.25, 0.3) is 0 Å². The number of fused-ring (bicyclic) bond motifs is 1. The van der Waals surface area contributed by atoms with Gasteiger partial charge in [-0.1, -0.05) is 12.1 Å². The SMILES string of the molecule is C=N/C(=C(\C=Nc1cc(C)n(C)n1)OC)c1c[nH]c2c(NC(=O)CN3CCC(OC)C3)cccc12. The van der Waals surface area contributed by atoms with Gasteiger partial charge in [-0.25, -0.2) is 4.99 Å². The molecule has 2 aromatic heterocycles. The molecule has 1 atom stereocenters. The van der Waals surface area contributed by atoms with Crippen molar-refractivity contribution in [3.8, 4) is 0 Å². The Morgan fingerprint density at radius 2 is 2.23 bits per heavy atom. The van der Waals surface area contributed by atoms with Crippen molar-refractivity contribution in [1.29, 1.82) is 0 Å². The van der Waals surface area contributed by atoms with E-state index < -0.39 is 0 Å². The molecule has 10 heteroatoms. The molecule has 2 N–H and O–H groups in total. The monoisotopic (exact) mass is 477 g/mol. The Bertz CT molecular complexity index is 1270. The lowest BCUT2D eigenvalue weighted by atomic mass is 10.1. The van der Waals surface area contributed by atoms with Gasteiger partial charge in [0.2, 0.25) is 5.91 Å². The van der Waals surface area contributed by atoms with Gasteiger partial charge in [0.15, 0.2) is 11.6 Å². The standard InChI is InChI=1S/C25H31N7O3/c1-16-11-22(30-31(16)3)27-13-21(35-5)25(26-2)19-12-28-24-18(19)7-6-8-20(24)29-23(33)15-32-10-9-17(14-32)34-4/h6-8,11-13,17,28H,2,9-10,14-15H2,1,3-5H3,(H,29,33)/b25-21+,27-13?. The summed E-state index contributed by atoms with van der Waals surface area (Å²) in [5.74, 6) is 0.945. The molecule has 1 aromatic carbocycles. The quantitative estimate of drug-likeness (QED) is 0.363. The Labute approximate surface area is 204 Å². The van der Waals surface area contributed by atoms with Crippen LogP contribution in [-0.2, 0) is 21.3 Å². The lowest BCUT2D eigenvalue weighted by Crippen LogP contribution is -2.32. The molecule has 0 saturated carbocycles. The fourth-order valence-corrected chi connectivity index (χ4v) is 4.22. The number of allylic oxidation sites excluding steroid dienone is 1. The van der Waals surface area contributed by atoms with Crippen LogP contribution in [0.5, 0.6) is 0 Å². The summed E-state index contributed by atoms with van der Waals surface area (Å²) in [7, 11) is 5.13. The predicted octanol–water partition coefficient (Wildman–Crippen LogP) is 3.29. The second-order valence-corrected chi connectivity index (χ2v) is 8.46. The number of aryl methyl sites for hydroxylation is 2. The zero-order chi connectivity index (χ0) is 24.9. The van der Waals surface area contributed by atoms with Gasteiger partial charge in [0, 0.05) is 56.2 Å². The van der Waals surface area contributed by atoms with E-state index in [9.17, 15) is 4.79 Å². The maximum absolute atomic E-state index is 12.7. The Kier molecular flexibility index (Phi) is 7.42. The van der Waals surface area contributed by atoms with Crippen LogP contribution in [0.4, 0.5) is 11.5 Å². The second-order valence-electron chi connectivity index (χ2n) is 8.46. The molecular weight excluding hydrogens is 446 g/mol. The number of nitrogens with zero attached hydrogens (tertiary/aromatic N) is 5. The molecule has 184 valence electrons. The van der Waals surface area contributed by atoms with E-state index in [-0.39, 0.29) is 12.0 Å². The number of likely N-dealkylation sites (tertiary alicyclic amines) is 1. The molecular formula is C25H31N7O3. The van der Waals surface area contributed by atoms with Crippen LogP contribution < -0.4 is 5.32 Å². The second kappa shape index (κ2) is 10.7. The normalized spacial score (nSPS) is 17.2. The summed E-state index contributed by atoms with van der Waals surface area (Å²) in [6.45, 7) is 7.63. The number of aliphatic imine (C=N–C) groups is 2. The molecule has 10 nitrogen and oxygen atoms in total. The minimum Gasteiger partial charge on any atom is -0.493 e. The number of carbonyl (C=O) groups is 1. The van der Waals surface area contributed by atoms with E-state index in [0.29, 0.717) is 29.5 Å². The summed E-state index contributed by atoms with van der Waals surface area (Å²) in [5, 5.41) is 8.24. The van der Waals surface area contributed by atoms with E-state index in [0.717, 1.165) is 41.7 Å². The summed E-state index contributed by atoms with van der Waals surface area (Å²) < 4.78 is 12.7. The van der Waals surface area contributed by atoms with Gasteiger partial charge in [0.1, 0.15) is 5.70 Å². The molecule has 0 spiro atoms. The first-order valence-electron chi connectivity index (χ1n) is 11.4. The number of amides is 1. The van der Waals surface area contributed by atoms with Crippen LogP contribution >= 0.6 is 0 Å². The van der Waals surface area contributed by atoms with Crippen LogP contribution in [0, 0.1) is 6.92 Å². The first-order valence-corrected chi connectivity index (χ1v) is 11.4. The number of methoxy groups -OCH3 is 2. The molecule has 1 unspecified atom stereocenters. The third-order valence-electron chi connectivity index (χ3n) is 6.20. The van der Waals surface area contributed by atoms with E-state index in [1.165, 1.54) is 0 Å². The van der Waals surface area contributed by atoms with E-state index in [1.807, 2.05) is 44.4 Å². The largest absolute Gasteiger partial charge is 0.493 e. The molecule has 3 aromatic rings. The highest BCUT2D eigenvalue weighted by Gasteiger charge is 2.24. The van der Waals surface area contributed by atoms with Crippen molar-refractivity contribution in [1.82, 2.24) is 19.7 Å². The number of benzene rings is 1. The van der Waals surface area contributed by atoms with Gasteiger partial charge in [0.05, 0.1) is 37.2 Å². The zero-order valence-electron chi connectivity index (χ0n) is 20.5. The van der Waals surface area contributed by atoms with Crippen LogP contribution in [0.25, 0.3) is 16.6 Å². The molecule has 4 rings (SSSR count). The number of anilines is 1. The van der Waals surface area contributed by atoms with E-state index in [4.69, 9.17) is 9.47 Å². The number of para-hydroxylation sites is 1. The van der Waals surface area contributed by atoms with Crippen molar-refractivity contribution in [3.05, 3.63) is 47.5 Å². The van der Waals surface area contributed by atoms with Gasteiger partial charge in [-0.15, -0.1) is 0 Å². The van der Waals surface area contributed by atoms with Gasteiger partial charge in [-0.3, -0.25) is 19.4 Å². The lowest BCUT2D eigenvalue weighted by molar-refractivity contribution is -0.117. The Balaban J connectivity index is 1.58. The first-order chi connectivity index (χ1) is 16.9. The van der Waals surface area contributed by atoms with Crippen molar-refractivity contribution < 1.29 is 14.3 Å². The van der Waals surface area contributed by atoms with E-state index in [2.05, 4.69) is 37.0 Å².